The number of rotatable bonds is 5. The first-order chi connectivity index (χ1) is 9.16. The van der Waals surface area contributed by atoms with Crippen LogP contribution in [0.25, 0.3) is 0 Å². The third-order valence-corrected chi connectivity index (χ3v) is 4.73. The summed E-state index contributed by atoms with van der Waals surface area (Å²) in [7, 11) is 0. The van der Waals surface area contributed by atoms with E-state index in [0.717, 1.165) is 12.8 Å². The molecule has 2 rings (SSSR count). The normalized spacial score (nSPS) is 21.5. The van der Waals surface area contributed by atoms with E-state index in [0.29, 0.717) is 29.9 Å². The molecule has 3 nitrogen and oxygen atoms in total. The highest BCUT2D eigenvalue weighted by molar-refractivity contribution is 7.80. The lowest BCUT2D eigenvalue weighted by Crippen LogP contribution is -2.44. The van der Waals surface area contributed by atoms with E-state index < -0.39 is 0 Å². The lowest BCUT2D eigenvalue weighted by atomic mass is 9.86. The molecule has 2 saturated carbocycles. The van der Waals surface area contributed by atoms with Crippen LogP contribution in [-0.2, 0) is 4.79 Å². The first-order valence-corrected chi connectivity index (χ1v) is 8.15. The van der Waals surface area contributed by atoms with Gasteiger partial charge in [0, 0.05) is 12.5 Å². The second kappa shape index (κ2) is 7.22. The molecule has 0 atom stereocenters. The summed E-state index contributed by atoms with van der Waals surface area (Å²) >= 11 is 5.01. The molecule has 2 fully saturated rings. The van der Waals surface area contributed by atoms with Gasteiger partial charge in [0.25, 0.3) is 0 Å². The molecule has 0 bridgehead atoms. The van der Waals surface area contributed by atoms with Crippen LogP contribution in [0.5, 0.6) is 0 Å². The lowest BCUT2D eigenvalue weighted by molar-refractivity contribution is -0.133. The van der Waals surface area contributed by atoms with Crippen molar-refractivity contribution >= 4 is 23.1 Å². The Morgan fingerprint density at radius 1 is 1.05 bits per heavy atom. The summed E-state index contributed by atoms with van der Waals surface area (Å²) in [5, 5.41) is 0. The molecule has 2 N–H and O–H groups in total. The van der Waals surface area contributed by atoms with Crippen LogP contribution in [0.4, 0.5) is 0 Å². The van der Waals surface area contributed by atoms with Crippen molar-refractivity contribution in [3.05, 3.63) is 0 Å². The standard InChI is InChI=1S/C15H26N2OS/c16-14(19)11-17(13-8-4-5-9-13)15(18)10-12-6-2-1-3-7-12/h12-13H,1-11H2,(H2,16,19). The van der Waals surface area contributed by atoms with Crippen molar-refractivity contribution in [2.75, 3.05) is 6.54 Å². The van der Waals surface area contributed by atoms with Gasteiger partial charge >= 0.3 is 0 Å². The van der Waals surface area contributed by atoms with Gasteiger partial charge in [-0.25, -0.2) is 0 Å². The summed E-state index contributed by atoms with van der Waals surface area (Å²) in [6.07, 6.45) is 11.8. The summed E-state index contributed by atoms with van der Waals surface area (Å²) in [4.78, 5) is 15.0. The fourth-order valence-corrected chi connectivity index (χ4v) is 3.70. The fraction of sp³-hybridized carbons (Fsp3) is 0.867. The van der Waals surface area contributed by atoms with Gasteiger partial charge in [0.15, 0.2) is 0 Å². The molecule has 0 heterocycles. The second-order valence-electron chi connectivity index (χ2n) is 6.13. The van der Waals surface area contributed by atoms with Crippen LogP contribution < -0.4 is 5.73 Å². The minimum absolute atomic E-state index is 0.284. The monoisotopic (exact) mass is 282 g/mol. The number of thiocarbonyl (C=S) groups is 1. The predicted octanol–water partition coefficient (Wildman–Crippen LogP) is 3.01. The van der Waals surface area contributed by atoms with Gasteiger partial charge in [0.05, 0.1) is 11.5 Å². The molecule has 0 aromatic heterocycles. The highest BCUT2D eigenvalue weighted by Gasteiger charge is 2.28. The van der Waals surface area contributed by atoms with E-state index in [-0.39, 0.29) is 5.91 Å². The molecule has 0 aromatic rings. The first-order valence-electron chi connectivity index (χ1n) is 7.74. The Balaban J connectivity index is 1.91. The van der Waals surface area contributed by atoms with Crippen molar-refractivity contribution in [3.63, 3.8) is 0 Å². The van der Waals surface area contributed by atoms with Crippen LogP contribution in [0.1, 0.15) is 64.2 Å². The molecule has 2 aliphatic rings. The first kappa shape index (κ1) is 14.8. The van der Waals surface area contributed by atoms with Gasteiger partial charge < -0.3 is 10.6 Å². The molecule has 4 heteroatoms. The molecule has 0 radical (unpaired) electrons. The zero-order valence-electron chi connectivity index (χ0n) is 11.8. The molecule has 108 valence electrons. The smallest absolute Gasteiger partial charge is 0.223 e. The third-order valence-electron chi connectivity index (χ3n) is 4.60. The summed E-state index contributed by atoms with van der Waals surface area (Å²) in [6.45, 7) is 0.478. The number of carbonyl (C=O) groups excluding carboxylic acids is 1. The Hall–Kier alpha value is -0.640. The Kier molecular flexibility index (Phi) is 5.61. The summed E-state index contributed by atoms with van der Waals surface area (Å²) < 4.78 is 0. The maximum atomic E-state index is 12.5. The van der Waals surface area contributed by atoms with Gasteiger partial charge in [0.2, 0.25) is 5.91 Å². The van der Waals surface area contributed by atoms with E-state index in [2.05, 4.69) is 0 Å². The van der Waals surface area contributed by atoms with E-state index >= 15 is 0 Å². The Morgan fingerprint density at radius 2 is 1.63 bits per heavy atom. The number of amides is 1. The fourth-order valence-electron chi connectivity index (χ4n) is 3.56. The predicted molar refractivity (Wildman–Crippen MR) is 81.9 cm³/mol. The number of nitrogens with zero attached hydrogens (tertiary/aromatic N) is 1. The van der Waals surface area contributed by atoms with E-state index in [1.807, 2.05) is 4.90 Å². The molecule has 19 heavy (non-hydrogen) atoms. The van der Waals surface area contributed by atoms with Gasteiger partial charge in [-0.05, 0) is 31.6 Å². The van der Waals surface area contributed by atoms with Crippen LogP contribution in [0.2, 0.25) is 0 Å². The molecule has 0 aromatic carbocycles. The second-order valence-corrected chi connectivity index (χ2v) is 6.66. The van der Waals surface area contributed by atoms with Crippen molar-refractivity contribution in [3.8, 4) is 0 Å². The van der Waals surface area contributed by atoms with Crippen molar-refractivity contribution in [2.24, 2.45) is 11.7 Å². The zero-order valence-corrected chi connectivity index (χ0v) is 12.6. The summed E-state index contributed by atoms with van der Waals surface area (Å²) in [6, 6.07) is 0.387. The van der Waals surface area contributed by atoms with Crippen molar-refractivity contribution in [2.45, 2.75) is 70.3 Å². The van der Waals surface area contributed by atoms with Crippen LogP contribution in [-0.4, -0.2) is 28.4 Å². The van der Waals surface area contributed by atoms with Crippen molar-refractivity contribution in [1.29, 1.82) is 0 Å². The average Bonchev–Trinajstić information content (AvgIpc) is 2.90. The van der Waals surface area contributed by atoms with E-state index in [4.69, 9.17) is 18.0 Å². The van der Waals surface area contributed by atoms with Gasteiger partial charge in [-0.3, -0.25) is 4.79 Å². The van der Waals surface area contributed by atoms with Crippen LogP contribution in [0.15, 0.2) is 0 Å². The topological polar surface area (TPSA) is 46.3 Å². The molecular formula is C15H26N2OS. The molecule has 1 amide bonds. The molecule has 0 unspecified atom stereocenters. The number of hydrogen-bond donors (Lipinski definition) is 1. The van der Waals surface area contributed by atoms with E-state index in [9.17, 15) is 4.79 Å². The summed E-state index contributed by atoms with van der Waals surface area (Å²) in [5.74, 6) is 0.878. The zero-order chi connectivity index (χ0) is 13.7. The van der Waals surface area contributed by atoms with Gasteiger partial charge in [-0.15, -0.1) is 0 Å². The van der Waals surface area contributed by atoms with E-state index in [1.165, 1.54) is 44.9 Å². The van der Waals surface area contributed by atoms with Crippen LogP contribution in [0.3, 0.4) is 0 Å². The SMILES string of the molecule is NC(=S)CN(C(=O)CC1CCCCC1)C1CCCC1. The molecule has 2 aliphatic carbocycles. The Labute approximate surface area is 121 Å². The molecule has 0 spiro atoms. The largest absolute Gasteiger partial charge is 0.392 e. The summed E-state index contributed by atoms with van der Waals surface area (Å²) in [5.41, 5.74) is 5.67. The van der Waals surface area contributed by atoms with Gasteiger partial charge in [-0.1, -0.05) is 44.3 Å². The highest BCUT2D eigenvalue weighted by Crippen LogP contribution is 2.29. The minimum Gasteiger partial charge on any atom is -0.392 e. The van der Waals surface area contributed by atoms with Crippen LogP contribution in [0, 0.1) is 5.92 Å². The molecule has 0 aliphatic heterocycles. The van der Waals surface area contributed by atoms with Crippen molar-refractivity contribution in [1.82, 2.24) is 4.90 Å². The number of hydrogen-bond acceptors (Lipinski definition) is 2. The Morgan fingerprint density at radius 3 is 2.21 bits per heavy atom. The molecular weight excluding hydrogens is 256 g/mol. The average molecular weight is 282 g/mol. The Bertz CT molecular complexity index is 320. The van der Waals surface area contributed by atoms with Gasteiger partial charge in [0.1, 0.15) is 0 Å². The maximum absolute atomic E-state index is 12.5. The van der Waals surface area contributed by atoms with Crippen LogP contribution >= 0.6 is 12.2 Å². The molecule has 0 saturated heterocycles. The maximum Gasteiger partial charge on any atom is 0.223 e. The third kappa shape index (κ3) is 4.44. The lowest BCUT2D eigenvalue weighted by Gasteiger charge is -2.31. The van der Waals surface area contributed by atoms with E-state index in [1.54, 1.807) is 0 Å². The quantitative estimate of drug-likeness (QED) is 0.788. The number of nitrogens with two attached hydrogens (primary N) is 1. The highest BCUT2D eigenvalue weighted by atomic mass is 32.1. The van der Waals surface area contributed by atoms with Crippen molar-refractivity contribution < 1.29 is 4.79 Å². The van der Waals surface area contributed by atoms with Gasteiger partial charge in [-0.2, -0.15) is 0 Å². The number of carbonyl (C=O) groups is 1. The minimum atomic E-state index is 0.284.